The molecule has 0 aliphatic carbocycles. The molecule has 0 saturated heterocycles. The van der Waals surface area contributed by atoms with E-state index in [-0.39, 0.29) is 17.2 Å². The van der Waals surface area contributed by atoms with E-state index in [9.17, 15) is 9.59 Å². The quantitative estimate of drug-likeness (QED) is 0.651. The Bertz CT molecular complexity index is 999. The van der Waals surface area contributed by atoms with Crippen LogP contribution in [0.25, 0.3) is 0 Å². The SMILES string of the molecule is CC(=O)NC1=NN(C(C)=O)[C@H](c2ccccc2OCCOc2ccc(C(C)(C)C)cc2)S1. The Hall–Kier alpha value is -3.00. The topological polar surface area (TPSA) is 80.2 Å². The number of amides is 2. The van der Waals surface area contributed by atoms with Crippen LogP contribution in [0.4, 0.5) is 0 Å². The van der Waals surface area contributed by atoms with Crippen LogP contribution in [0.1, 0.15) is 51.1 Å². The molecule has 0 aromatic heterocycles. The van der Waals surface area contributed by atoms with Crippen molar-refractivity contribution in [3.63, 3.8) is 0 Å². The first kappa shape index (κ1) is 23.7. The molecule has 0 saturated carbocycles. The Labute approximate surface area is 193 Å². The summed E-state index contributed by atoms with van der Waals surface area (Å²) in [4.78, 5) is 23.5. The maximum Gasteiger partial charge on any atom is 0.241 e. The lowest BCUT2D eigenvalue weighted by Gasteiger charge is -2.22. The van der Waals surface area contributed by atoms with Crippen LogP contribution in [0.15, 0.2) is 53.6 Å². The molecular weight excluding hydrogens is 426 g/mol. The third kappa shape index (κ3) is 6.03. The minimum Gasteiger partial charge on any atom is -0.490 e. The molecule has 170 valence electrons. The third-order valence-electron chi connectivity index (χ3n) is 4.76. The highest BCUT2D eigenvalue weighted by molar-refractivity contribution is 8.14. The highest BCUT2D eigenvalue weighted by atomic mass is 32.2. The van der Waals surface area contributed by atoms with Crippen molar-refractivity contribution in [2.24, 2.45) is 5.10 Å². The second kappa shape index (κ2) is 10.1. The number of hydrogen-bond donors (Lipinski definition) is 1. The maximum atomic E-state index is 12.1. The Morgan fingerprint density at radius 3 is 2.31 bits per heavy atom. The van der Waals surface area contributed by atoms with Crippen molar-refractivity contribution < 1.29 is 19.1 Å². The van der Waals surface area contributed by atoms with Gasteiger partial charge in [0.2, 0.25) is 11.8 Å². The predicted molar refractivity (Wildman–Crippen MR) is 127 cm³/mol. The summed E-state index contributed by atoms with van der Waals surface area (Å²) >= 11 is 1.29. The van der Waals surface area contributed by atoms with E-state index in [1.165, 1.54) is 36.2 Å². The number of nitrogens with one attached hydrogen (secondary N) is 1. The number of carbonyl (C=O) groups excluding carboxylic acids is 2. The van der Waals surface area contributed by atoms with Crippen molar-refractivity contribution in [3.8, 4) is 11.5 Å². The molecule has 8 heteroatoms. The zero-order chi connectivity index (χ0) is 23.3. The van der Waals surface area contributed by atoms with Crippen LogP contribution >= 0.6 is 11.8 Å². The van der Waals surface area contributed by atoms with Gasteiger partial charge in [-0.3, -0.25) is 9.59 Å². The molecular formula is C24H29N3O4S. The molecule has 7 nitrogen and oxygen atoms in total. The number of amidine groups is 1. The fraction of sp³-hybridized carbons (Fsp3) is 0.375. The van der Waals surface area contributed by atoms with E-state index in [1.807, 2.05) is 36.4 Å². The van der Waals surface area contributed by atoms with E-state index >= 15 is 0 Å². The molecule has 32 heavy (non-hydrogen) atoms. The van der Waals surface area contributed by atoms with Crippen LogP contribution in [0.3, 0.4) is 0 Å². The fourth-order valence-electron chi connectivity index (χ4n) is 3.14. The average Bonchev–Trinajstić information content (AvgIpc) is 3.14. The lowest BCUT2D eigenvalue weighted by atomic mass is 9.87. The third-order valence-corrected chi connectivity index (χ3v) is 5.85. The molecule has 0 fully saturated rings. The molecule has 1 atom stereocenters. The molecule has 0 radical (unpaired) electrons. The maximum absolute atomic E-state index is 12.1. The summed E-state index contributed by atoms with van der Waals surface area (Å²) in [7, 11) is 0. The number of carbonyl (C=O) groups is 2. The minimum absolute atomic E-state index is 0.0981. The van der Waals surface area contributed by atoms with Gasteiger partial charge >= 0.3 is 0 Å². The van der Waals surface area contributed by atoms with Gasteiger partial charge in [0.05, 0.1) is 0 Å². The van der Waals surface area contributed by atoms with E-state index in [2.05, 4.69) is 43.3 Å². The van der Waals surface area contributed by atoms with Gasteiger partial charge in [-0.25, -0.2) is 5.01 Å². The largest absolute Gasteiger partial charge is 0.490 e. The molecule has 3 rings (SSSR count). The average molecular weight is 456 g/mol. The Kier molecular flexibility index (Phi) is 7.45. The molecule has 0 spiro atoms. The van der Waals surface area contributed by atoms with Gasteiger partial charge in [-0.1, -0.05) is 62.9 Å². The number of para-hydroxylation sites is 1. The van der Waals surface area contributed by atoms with Crippen molar-refractivity contribution in [2.75, 3.05) is 13.2 Å². The van der Waals surface area contributed by atoms with Crippen molar-refractivity contribution in [1.29, 1.82) is 0 Å². The summed E-state index contributed by atoms with van der Waals surface area (Å²) in [6, 6.07) is 15.6. The molecule has 0 unspecified atom stereocenters. The van der Waals surface area contributed by atoms with Crippen LogP contribution in [-0.4, -0.2) is 35.2 Å². The first-order valence-electron chi connectivity index (χ1n) is 10.4. The zero-order valence-electron chi connectivity index (χ0n) is 19.0. The Morgan fingerprint density at radius 2 is 1.69 bits per heavy atom. The summed E-state index contributed by atoms with van der Waals surface area (Å²) < 4.78 is 11.8. The summed E-state index contributed by atoms with van der Waals surface area (Å²) in [5, 5.41) is 8.20. The Morgan fingerprint density at radius 1 is 1.03 bits per heavy atom. The molecule has 1 aliphatic rings. The molecule has 1 heterocycles. The number of hydrogen-bond acceptors (Lipinski definition) is 6. The van der Waals surface area contributed by atoms with Gasteiger partial charge < -0.3 is 14.8 Å². The van der Waals surface area contributed by atoms with Gasteiger partial charge in [0, 0.05) is 19.4 Å². The summed E-state index contributed by atoms with van der Waals surface area (Å²) in [5.41, 5.74) is 2.15. The van der Waals surface area contributed by atoms with E-state index in [0.717, 1.165) is 11.3 Å². The lowest BCUT2D eigenvalue weighted by molar-refractivity contribution is -0.129. The van der Waals surface area contributed by atoms with E-state index in [0.29, 0.717) is 24.1 Å². The minimum atomic E-state index is -0.420. The first-order chi connectivity index (χ1) is 15.1. The molecule has 2 aromatic carbocycles. The summed E-state index contributed by atoms with van der Waals surface area (Å²) in [5.74, 6) is 0.969. The summed E-state index contributed by atoms with van der Waals surface area (Å²) in [6.45, 7) is 10.1. The molecule has 1 aliphatic heterocycles. The number of benzene rings is 2. The van der Waals surface area contributed by atoms with Crippen LogP contribution in [0.5, 0.6) is 11.5 Å². The number of rotatable bonds is 6. The predicted octanol–water partition coefficient (Wildman–Crippen LogP) is 4.44. The number of hydrazone groups is 1. The van der Waals surface area contributed by atoms with Crippen LogP contribution in [-0.2, 0) is 15.0 Å². The van der Waals surface area contributed by atoms with Crippen molar-refractivity contribution in [2.45, 2.75) is 45.4 Å². The molecule has 2 aromatic rings. The van der Waals surface area contributed by atoms with Crippen LogP contribution in [0.2, 0.25) is 0 Å². The second-order valence-corrected chi connectivity index (χ2v) is 9.50. The van der Waals surface area contributed by atoms with Gasteiger partial charge in [0.1, 0.15) is 30.1 Å². The van der Waals surface area contributed by atoms with Crippen LogP contribution < -0.4 is 14.8 Å². The monoisotopic (exact) mass is 455 g/mol. The molecule has 0 bridgehead atoms. The van der Waals surface area contributed by atoms with Gasteiger partial charge in [-0.05, 0) is 29.2 Å². The highest BCUT2D eigenvalue weighted by Crippen LogP contribution is 2.42. The first-order valence-corrected chi connectivity index (χ1v) is 11.3. The number of ether oxygens (including phenoxy) is 2. The zero-order valence-corrected chi connectivity index (χ0v) is 19.9. The number of thioether (sulfide) groups is 1. The lowest BCUT2D eigenvalue weighted by Crippen LogP contribution is -2.25. The highest BCUT2D eigenvalue weighted by Gasteiger charge is 2.34. The van der Waals surface area contributed by atoms with Gasteiger partial charge in [-0.15, -0.1) is 5.10 Å². The van der Waals surface area contributed by atoms with Gasteiger partial charge in [0.25, 0.3) is 0 Å². The fourth-order valence-corrected chi connectivity index (χ4v) is 4.31. The van der Waals surface area contributed by atoms with Crippen molar-refractivity contribution in [1.82, 2.24) is 10.3 Å². The normalized spacial score (nSPS) is 15.8. The van der Waals surface area contributed by atoms with Crippen molar-refractivity contribution >= 4 is 28.7 Å². The van der Waals surface area contributed by atoms with E-state index in [4.69, 9.17) is 9.47 Å². The van der Waals surface area contributed by atoms with E-state index in [1.54, 1.807) is 0 Å². The van der Waals surface area contributed by atoms with Crippen molar-refractivity contribution in [3.05, 3.63) is 59.7 Å². The smallest absolute Gasteiger partial charge is 0.241 e. The Balaban J connectivity index is 1.62. The van der Waals surface area contributed by atoms with Crippen LogP contribution in [0, 0.1) is 0 Å². The summed E-state index contributed by atoms with van der Waals surface area (Å²) in [6.07, 6.45) is 0. The molecule has 2 amide bonds. The second-order valence-electron chi connectivity index (χ2n) is 8.43. The number of nitrogens with zero attached hydrogens (tertiary/aromatic N) is 2. The standard InChI is InChI=1S/C24H29N3O4S/c1-16(28)25-23-26-27(17(2)29)22(32-23)20-8-6-7-9-21(20)31-15-14-30-19-12-10-18(11-13-19)24(3,4)5/h6-13,22H,14-15H2,1-5H3,(H,25,26,28)/t22-/m0/s1. The molecule has 1 N–H and O–H groups in total. The van der Waals surface area contributed by atoms with Gasteiger partial charge in [0.15, 0.2) is 5.17 Å². The van der Waals surface area contributed by atoms with Gasteiger partial charge in [-0.2, -0.15) is 0 Å². The van der Waals surface area contributed by atoms with E-state index < -0.39 is 5.37 Å².